The van der Waals surface area contributed by atoms with Gasteiger partial charge in [-0.05, 0) is 6.42 Å². The van der Waals surface area contributed by atoms with E-state index < -0.39 is 53.8 Å². The minimum absolute atomic E-state index is 0. The van der Waals surface area contributed by atoms with Crippen LogP contribution in [0.5, 0.6) is 0 Å². The van der Waals surface area contributed by atoms with Crippen LogP contribution in [-0.4, -0.2) is 47.4 Å². The molecule has 3 nitrogen and oxygen atoms in total. The van der Waals surface area contributed by atoms with Gasteiger partial charge in [-0.2, -0.15) is 57.1 Å². The van der Waals surface area contributed by atoms with Crippen molar-refractivity contribution in [1.82, 2.24) is 6.15 Å². The quantitative estimate of drug-likeness (QED) is 0.608. The normalized spacial score (nSPS) is 17.1. The monoisotopic (exact) mass is 441 g/mol. The topological polar surface area (TPSA) is 76.6 Å². The summed E-state index contributed by atoms with van der Waals surface area (Å²) >= 11 is 0. The predicted octanol–water partition coefficient (Wildman–Crippen LogP) is 3.97. The first-order valence-corrected chi connectivity index (χ1v) is 5.86. The Morgan fingerprint density at radius 3 is 1.19 bits per heavy atom. The summed E-state index contributed by atoms with van der Waals surface area (Å²) in [5.74, 6) is -43.6. The van der Waals surface area contributed by atoms with Crippen LogP contribution in [0.2, 0.25) is 0 Å². The fourth-order valence-corrected chi connectivity index (χ4v) is 1.57. The molecule has 0 aromatic rings. The van der Waals surface area contributed by atoms with Crippen molar-refractivity contribution in [2.45, 2.75) is 54.8 Å². The standard InChI is InChI=1S/C10H6F14O2.H3N/c1-2-4(11,10(22,23)24)6(14,15)8(18,19)9(20,21)7(16,17)5(12,13)3(25)26;/h2H2,1H3,(H,25,26);1H3. The Morgan fingerprint density at radius 2 is 0.963 bits per heavy atom. The summed E-state index contributed by atoms with van der Waals surface area (Å²) < 4.78 is 181. The van der Waals surface area contributed by atoms with Crippen molar-refractivity contribution in [3.8, 4) is 0 Å². The van der Waals surface area contributed by atoms with Crippen LogP contribution >= 0.6 is 0 Å². The minimum Gasteiger partial charge on any atom is -0.544 e. The van der Waals surface area contributed by atoms with Crippen molar-refractivity contribution in [2.24, 2.45) is 0 Å². The van der Waals surface area contributed by atoms with Crippen LogP contribution in [0.25, 0.3) is 0 Å². The van der Waals surface area contributed by atoms with Gasteiger partial charge in [0.15, 0.2) is 0 Å². The zero-order valence-corrected chi connectivity index (χ0v) is 12.8. The molecule has 164 valence electrons. The highest BCUT2D eigenvalue weighted by atomic mass is 19.4. The van der Waals surface area contributed by atoms with Crippen LogP contribution in [0.15, 0.2) is 0 Å². The van der Waals surface area contributed by atoms with Crippen molar-refractivity contribution in [2.75, 3.05) is 0 Å². The molecule has 0 aromatic carbocycles. The van der Waals surface area contributed by atoms with Crippen LogP contribution in [0.3, 0.4) is 0 Å². The first-order chi connectivity index (χ1) is 11.0. The van der Waals surface area contributed by atoms with Crippen LogP contribution in [0.4, 0.5) is 61.5 Å². The van der Waals surface area contributed by atoms with E-state index >= 15 is 0 Å². The molecule has 0 aliphatic heterocycles. The van der Waals surface area contributed by atoms with Gasteiger partial charge in [0.05, 0.1) is 0 Å². The van der Waals surface area contributed by atoms with Gasteiger partial charge in [0.2, 0.25) is 0 Å². The number of rotatable bonds is 7. The Morgan fingerprint density at radius 1 is 0.667 bits per heavy atom. The molecule has 17 heteroatoms. The van der Waals surface area contributed by atoms with E-state index in [-0.39, 0.29) is 13.1 Å². The van der Waals surface area contributed by atoms with E-state index in [1.807, 2.05) is 0 Å². The average molecular weight is 441 g/mol. The van der Waals surface area contributed by atoms with Crippen LogP contribution in [-0.2, 0) is 4.79 Å². The van der Waals surface area contributed by atoms with Crippen LogP contribution in [0, 0.1) is 0 Å². The summed E-state index contributed by atoms with van der Waals surface area (Å²) in [4.78, 5) is 9.74. The number of quaternary nitrogens is 1. The van der Waals surface area contributed by atoms with Gasteiger partial charge in [-0.1, -0.05) is 6.92 Å². The summed E-state index contributed by atoms with van der Waals surface area (Å²) in [6, 6.07) is 0. The number of hydrogen-bond donors (Lipinski definition) is 1. The molecule has 0 heterocycles. The zero-order chi connectivity index (χ0) is 21.8. The number of carboxylic acids is 1. The van der Waals surface area contributed by atoms with Crippen molar-refractivity contribution in [3.05, 3.63) is 0 Å². The molecular formula is C10H9F14NO2. The molecule has 0 aliphatic carbocycles. The number of carboxylic acid groups (broad SMARTS) is 1. The fourth-order valence-electron chi connectivity index (χ4n) is 1.57. The van der Waals surface area contributed by atoms with Crippen LogP contribution < -0.4 is 11.3 Å². The van der Waals surface area contributed by atoms with Gasteiger partial charge in [0.25, 0.3) is 5.67 Å². The fraction of sp³-hybridized carbons (Fsp3) is 0.900. The number of aliphatic carboxylic acids is 1. The second-order valence-corrected chi connectivity index (χ2v) is 4.81. The Bertz CT molecular complexity index is 557. The third-order valence-electron chi connectivity index (χ3n) is 3.27. The lowest BCUT2D eigenvalue weighted by atomic mass is 9.83. The largest absolute Gasteiger partial charge is 0.544 e. The molecule has 4 N–H and O–H groups in total. The number of halogens is 14. The Hall–Kier alpha value is -1.55. The number of hydrogen-bond acceptors (Lipinski definition) is 2. The lowest BCUT2D eigenvalue weighted by molar-refractivity contribution is -0.438. The van der Waals surface area contributed by atoms with E-state index in [0.29, 0.717) is 0 Å². The smallest absolute Gasteiger partial charge is 0.428 e. The van der Waals surface area contributed by atoms with E-state index in [1.165, 1.54) is 0 Å². The van der Waals surface area contributed by atoms with Gasteiger partial charge in [-0.3, -0.25) is 0 Å². The molecule has 0 bridgehead atoms. The third-order valence-corrected chi connectivity index (χ3v) is 3.27. The molecule has 0 aromatic heterocycles. The summed E-state index contributed by atoms with van der Waals surface area (Å²) in [6.45, 7) is -0.205. The lowest BCUT2D eigenvalue weighted by Gasteiger charge is -2.43. The lowest BCUT2D eigenvalue weighted by Crippen LogP contribution is -2.74. The zero-order valence-electron chi connectivity index (χ0n) is 12.8. The van der Waals surface area contributed by atoms with E-state index in [9.17, 15) is 71.4 Å². The molecule has 27 heavy (non-hydrogen) atoms. The molecule has 0 radical (unpaired) electrons. The molecule has 0 fully saturated rings. The highest BCUT2D eigenvalue weighted by Crippen LogP contribution is 2.62. The predicted molar refractivity (Wildman–Crippen MR) is 55.9 cm³/mol. The molecule has 0 spiro atoms. The van der Waals surface area contributed by atoms with Crippen molar-refractivity contribution in [1.29, 1.82) is 0 Å². The SMILES string of the molecule is CCC(F)(C(F)(F)F)C(F)(F)C(F)(F)C(F)(F)C(F)(F)C(F)(F)C(=O)[O-].[NH4+]. The number of alkyl halides is 14. The van der Waals surface area contributed by atoms with Crippen molar-refractivity contribution >= 4 is 5.97 Å². The van der Waals surface area contributed by atoms with Gasteiger partial charge >= 0.3 is 35.8 Å². The van der Waals surface area contributed by atoms with E-state index in [2.05, 4.69) is 0 Å². The Labute approximate surface area is 139 Å². The molecule has 0 saturated carbocycles. The third kappa shape index (κ3) is 3.26. The first-order valence-electron chi connectivity index (χ1n) is 5.86. The van der Waals surface area contributed by atoms with Gasteiger partial charge in [-0.15, -0.1) is 0 Å². The molecule has 0 amide bonds. The van der Waals surface area contributed by atoms with Crippen molar-refractivity contribution in [3.63, 3.8) is 0 Å². The second-order valence-electron chi connectivity index (χ2n) is 4.81. The van der Waals surface area contributed by atoms with Gasteiger partial charge in [-0.25, -0.2) is 4.39 Å². The summed E-state index contributed by atoms with van der Waals surface area (Å²) in [5.41, 5.74) is -6.56. The first kappa shape index (κ1) is 27.7. The second kappa shape index (κ2) is 6.80. The van der Waals surface area contributed by atoms with Gasteiger partial charge in [0.1, 0.15) is 5.97 Å². The molecular weight excluding hydrogens is 432 g/mol. The van der Waals surface area contributed by atoms with Crippen LogP contribution in [0.1, 0.15) is 13.3 Å². The maximum absolute atomic E-state index is 13.4. The maximum Gasteiger partial charge on any atom is 0.428 e. The number of carbonyl (C=O) groups is 1. The average Bonchev–Trinajstić information content (AvgIpc) is 2.43. The maximum atomic E-state index is 13.4. The molecule has 0 aliphatic rings. The van der Waals surface area contributed by atoms with Gasteiger partial charge < -0.3 is 16.1 Å². The summed E-state index contributed by atoms with van der Waals surface area (Å²) in [5, 5.41) is 9.74. The summed E-state index contributed by atoms with van der Waals surface area (Å²) in [6.07, 6.45) is -9.74. The molecule has 0 saturated heterocycles. The van der Waals surface area contributed by atoms with E-state index in [4.69, 9.17) is 0 Å². The Kier molecular flexibility index (Phi) is 6.97. The molecule has 1 atom stereocenters. The molecule has 0 rings (SSSR count). The highest BCUT2D eigenvalue weighted by Gasteiger charge is 2.92. The highest BCUT2D eigenvalue weighted by molar-refractivity contribution is 5.75. The summed E-state index contributed by atoms with van der Waals surface area (Å²) in [7, 11) is 0. The van der Waals surface area contributed by atoms with Crippen molar-refractivity contribution < 1.29 is 71.4 Å². The molecule has 1 unspecified atom stereocenters. The van der Waals surface area contributed by atoms with E-state index in [0.717, 1.165) is 0 Å². The van der Waals surface area contributed by atoms with Gasteiger partial charge in [0, 0.05) is 0 Å². The number of carbonyl (C=O) groups excluding carboxylic acids is 1. The Balaban J connectivity index is 0. The van der Waals surface area contributed by atoms with E-state index in [1.54, 1.807) is 0 Å². The minimum atomic E-state index is -8.16.